The SMILES string of the molecule is CCCCCCCCCCC(O)C(O)CN. The molecule has 0 fully saturated rings. The quantitative estimate of drug-likeness (QED) is 0.478. The summed E-state index contributed by atoms with van der Waals surface area (Å²) in [6, 6.07) is 0. The fourth-order valence-corrected chi connectivity index (χ4v) is 1.84. The van der Waals surface area contributed by atoms with Crippen LogP contribution in [0.2, 0.25) is 0 Å². The van der Waals surface area contributed by atoms with Crippen molar-refractivity contribution < 1.29 is 10.2 Å². The maximum atomic E-state index is 9.46. The zero-order valence-corrected chi connectivity index (χ0v) is 10.7. The van der Waals surface area contributed by atoms with E-state index in [1.54, 1.807) is 0 Å². The van der Waals surface area contributed by atoms with Gasteiger partial charge in [0.1, 0.15) is 0 Å². The minimum atomic E-state index is -0.746. The summed E-state index contributed by atoms with van der Waals surface area (Å²) >= 11 is 0. The van der Waals surface area contributed by atoms with Gasteiger partial charge in [-0.2, -0.15) is 0 Å². The van der Waals surface area contributed by atoms with Crippen LogP contribution in [-0.2, 0) is 0 Å². The minimum absolute atomic E-state index is 0.151. The molecule has 0 amide bonds. The van der Waals surface area contributed by atoms with Crippen molar-refractivity contribution in [2.45, 2.75) is 76.9 Å². The van der Waals surface area contributed by atoms with Gasteiger partial charge in [-0.25, -0.2) is 0 Å². The second-order valence-electron chi connectivity index (χ2n) is 4.63. The van der Waals surface area contributed by atoms with Crippen molar-refractivity contribution in [2.75, 3.05) is 6.54 Å². The van der Waals surface area contributed by atoms with Crippen LogP contribution >= 0.6 is 0 Å². The molecule has 0 bridgehead atoms. The molecule has 0 spiro atoms. The van der Waals surface area contributed by atoms with E-state index in [-0.39, 0.29) is 6.54 Å². The molecule has 0 aliphatic heterocycles. The molecule has 0 aliphatic carbocycles. The third kappa shape index (κ3) is 9.13. The molecule has 0 rings (SSSR count). The number of aliphatic hydroxyl groups excluding tert-OH is 2. The molecule has 2 atom stereocenters. The van der Waals surface area contributed by atoms with Crippen LogP contribution in [0.5, 0.6) is 0 Å². The lowest BCUT2D eigenvalue weighted by atomic mass is 10.0. The molecule has 0 aliphatic rings. The fraction of sp³-hybridized carbons (Fsp3) is 1.00. The van der Waals surface area contributed by atoms with Crippen LogP contribution in [0.25, 0.3) is 0 Å². The van der Waals surface area contributed by atoms with E-state index in [0.717, 1.165) is 12.8 Å². The van der Waals surface area contributed by atoms with Crippen molar-refractivity contribution in [1.82, 2.24) is 0 Å². The third-order valence-corrected chi connectivity index (χ3v) is 3.04. The van der Waals surface area contributed by atoms with Crippen molar-refractivity contribution in [3.63, 3.8) is 0 Å². The van der Waals surface area contributed by atoms with Crippen LogP contribution in [-0.4, -0.2) is 29.0 Å². The fourth-order valence-electron chi connectivity index (χ4n) is 1.84. The highest BCUT2D eigenvalue weighted by Gasteiger charge is 2.13. The molecule has 4 N–H and O–H groups in total. The summed E-state index contributed by atoms with van der Waals surface area (Å²) < 4.78 is 0. The molecule has 0 radical (unpaired) electrons. The Balaban J connectivity index is 3.14. The van der Waals surface area contributed by atoms with Gasteiger partial charge in [0.05, 0.1) is 12.2 Å². The first-order valence-electron chi connectivity index (χ1n) is 6.78. The van der Waals surface area contributed by atoms with Gasteiger partial charge in [-0.1, -0.05) is 58.3 Å². The van der Waals surface area contributed by atoms with E-state index in [0.29, 0.717) is 6.42 Å². The van der Waals surface area contributed by atoms with Gasteiger partial charge in [0.2, 0.25) is 0 Å². The molecular weight excluding hydrogens is 202 g/mol. The summed E-state index contributed by atoms with van der Waals surface area (Å²) in [7, 11) is 0. The molecule has 0 aromatic carbocycles. The second kappa shape index (κ2) is 11.4. The van der Waals surface area contributed by atoms with Crippen LogP contribution in [0.15, 0.2) is 0 Å². The minimum Gasteiger partial charge on any atom is -0.390 e. The number of hydrogen-bond donors (Lipinski definition) is 3. The maximum absolute atomic E-state index is 9.46. The van der Waals surface area contributed by atoms with Gasteiger partial charge in [-0.15, -0.1) is 0 Å². The average Bonchev–Trinajstić information content (AvgIpc) is 2.31. The summed E-state index contributed by atoms with van der Waals surface area (Å²) in [4.78, 5) is 0. The Hall–Kier alpha value is -0.120. The van der Waals surface area contributed by atoms with Gasteiger partial charge in [-0.3, -0.25) is 0 Å². The Morgan fingerprint density at radius 1 is 0.812 bits per heavy atom. The molecular formula is C13H29NO2. The molecule has 0 saturated carbocycles. The van der Waals surface area contributed by atoms with Gasteiger partial charge in [0.15, 0.2) is 0 Å². The van der Waals surface area contributed by atoms with Crippen LogP contribution in [0.1, 0.15) is 64.7 Å². The number of aliphatic hydroxyl groups is 2. The predicted octanol–water partition coefficient (Wildman–Crippen LogP) is 2.20. The number of nitrogens with two attached hydrogens (primary N) is 1. The van der Waals surface area contributed by atoms with E-state index in [9.17, 15) is 10.2 Å². The van der Waals surface area contributed by atoms with E-state index in [1.807, 2.05) is 0 Å². The summed E-state index contributed by atoms with van der Waals surface area (Å²) in [6.07, 6.45) is 9.32. The van der Waals surface area contributed by atoms with Crippen LogP contribution in [0.3, 0.4) is 0 Å². The Morgan fingerprint density at radius 3 is 1.81 bits per heavy atom. The Labute approximate surface area is 100 Å². The third-order valence-electron chi connectivity index (χ3n) is 3.04. The Morgan fingerprint density at radius 2 is 1.31 bits per heavy atom. The lowest BCUT2D eigenvalue weighted by molar-refractivity contribution is 0.0188. The standard InChI is InChI=1S/C13H29NO2/c1-2-3-4-5-6-7-8-9-10-12(15)13(16)11-14/h12-13,15-16H,2-11,14H2,1H3. The lowest BCUT2D eigenvalue weighted by Crippen LogP contribution is -2.32. The van der Waals surface area contributed by atoms with E-state index < -0.39 is 12.2 Å². The molecule has 0 aromatic rings. The van der Waals surface area contributed by atoms with Crippen LogP contribution in [0.4, 0.5) is 0 Å². The normalized spacial score (nSPS) is 15.0. The van der Waals surface area contributed by atoms with Crippen molar-refractivity contribution in [3.8, 4) is 0 Å². The maximum Gasteiger partial charge on any atom is 0.0920 e. The predicted molar refractivity (Wildman–Crippen MR) is 68.3 cm³/mol. The van der Waals surface area contributed by atoms with Crippen molar-refractivity contribution in [3.05, 3.63) is 0 Å². The van der Waals surface area contributed by atoms with E-state index >= 15 is 0 Å². The molecule has 16 heavy (non-hydrogen) atoms. The van der Waals surface area contributed by atoms with Crippen LogP contribution in [0, 0.1) is 0 Å². The first kappa shape index (κ1) is 15.9. The van der Waals surface area contributed by atoms with E-state index in [2.05, 4.69) is 6.92 Å². The van der Waals surface area contributed by atoms with Gasteiger partial charge >= 0.3 is 0 Å². The molecule has 0 heterocycles. The van der Waals surface area contributed by atoms with Crippen LogP contribution < -0.4 is 5.73 Å². The molecule has 3 heteroatoms. The van der Waals surface area contributed by atoms with Gasteiger partial charge in [-0.05, 0) is 6.42 Å². The molecule has 98 valence electrons. The molecule has 3 nitrogen and oxygen atoms in total. The first-order valence-corrected chi connectivity index (χ1v) is 6.78. The van der Waals surface area contributed by atoms with E-state index in [1.165, 1.54) is 38.5 Å². The zero-order chi connectivity index (χ0) is 12.2. The zero-order valence-electron chi connectivity index (χ0n) is 10.7. The smallest absolute Gasteiger partial charge is 0.0920 e. The Kier molecular flexibility index (Phi) is 11.3. The van der Waals surface area contributed by atoms with Crippen molar-refractivity contribution in [1.29, 1.82) is 0 Å². The highest BCUT2D eigenvalue weighted by molar-refractivity contribution is 4.67. The molecule has 2 unspecified atom stereocenters. The van der Waals surface area contributed by atoms with Gasteiger partial charge < -0.3 is 15.9 Å². The van der Waals surface area contributed by atoms with Crippen molar-refractivity contribution >= 4 is 0 Å². The summed E-state index contributed by atoms with van der Waals surface area (Å²) in [5.41, 5.74) is 5.26. The number of hydrogen-bond acceptors (Lipinski definition) is 3. The molecule has 0 aromatic heterocycles. The van der Waals surface area contributed by atoms with Gasteiger partial charge in [0, 0.05) is 6.54 Å². The Bertz CT molecular complexity index is 142. The van der Waals surface area contributed by atoms with Gasteiger partial charge in [0.25, 0.3) is 0 Å². The lowest BCUT2D eigenvalue weighted by Gasteiger charge is -2.15. The highest BCUT2D eigenvalue weighted by atomic mass is 16.3. The molecule has 0 saturated heterocycles. The second-order valence-corrected chi connectivity index (χ2v) is 4.63. The topological polar surface area (TPSA) is 66.5 Å². The van der Waals surface area contributed by atoms with E-state index in [4.69, 9.17) is 5.73 Å². The largest absolute Gasteiger partial charge is 0.390 e. The summed E-state index contributed by atoms with van der Waals surface area (Å²) in [6.45, 7) is 2.38. The van der Waals surface area contributed by atoms with Crippen molar-refractivity contribution in [2.24, 2.45) is 5.73 Å². The monoisotopic (exact) mass is 231 g/mol. The average molecular weight is 231 g/mol. The summed E-state index contributed by atoms with van der Waals surface area (Å²) in [5, 5.41) is 18.7. The summed E-state index contributed by atoms with van der Waals surface area (Å²) in [5.74, 6) is 0. The first-order chi connectivity index (χ1) is 7.72. The number of unbranched alkanes of at least 4 members (excludes halogenated alkanes) is 7. The highest BCUT2D eigenvalue weighted by Crippen LogP contribution is 2.11. The number of rotatable bonds is 11.